The van der Waals surface area contributed by atoms with Gasteiger partial charge in [0.05, 0.1) is 0 Å². The molecule has 2 aromatic rings. The van der Waals surface area contributed by atoms with E-state index in [1.54, 1.807) is 25.1 Å². The zero-order chi connectivity index (χ0) is 13.3. The van der Waals surface area contributed by atoms with Crippen molar-refractivity contribution in [1.29, 1.82) is 0 Å². The summed E-state index contributed by atoms with van der Waals surface area (Å²) in [5.41, 5.74) is 0. The lowest BCUT2D eigenvalue weighted by molar-refractivity contribution is -0.138. The Morgan fingerprint density at radius 1 is 1.39 bits per heavy atom. The van der Waals surface area contributed by atoms with Gasteiger partial charge in [-0.25, -0.2) is 9.78 Å². The Bertz CT molecular complexity index is 601. The normalized spacial score (nSPS) is 12.4. The van der Waals surface area contributed by atoms with Crippen LogP contribution in [0.5, 0.6) is 0 Å². The van der Waals surface area contributed by atoms with E-state index in [4.69, 9.17) is 5.11 Å². The van der Waals surface area contributed by atoms with Crippen LogP contribution in [0.25, 0.3) is 10.8 Å². The highest BCUT2D eigenvalue weighted by atomic mass is 79.9. The van der Waals surface area contributed by atoms with Gasteiger partial charge in [0.25, 0.3) is 0 Å². The van der Waals surface area contributed by atoms with Crippen molar-refractivity contribution in [2.24, 2.45) is 0 Å². The van der Waals surface area contributed by atoms with Gasteiger partial charge in [-0.3, -0.25) is 0 Å². The number of anilines is 1. The Balaban J connectivity index is 2.58. The lowest BCUT2D eigenvalue weighted by atomic mass is 10.1. The average molecular weight is 309 g/mol. The molecule has 1 aromatic heterocycles. The quantitative estimate of drug-likeness (QED) is 0.947. The molecule has 0 aliphatic rings. The van der Waals surface area contributed by atoms with Crippen LogP contribution < -0.4 is 4.90 Å². The first-order chi connectivity index (χ1) is 8.52. The molecule has 0 amide bonds. The fourth-order valence-corrected chi connectivity index (χ4v) is 2.28. The molecule has 4 nitrogen and oxygen atoms in total. The van der Waals surface area contributed by atoms with Crippen molar-refractivity contribution >= 4 is 38.5 Å². The van der Waals surface area contributed by atoms with Crippen LogP contribution in [0.4, 0.5) is 5.82 Å². The summed E-state index contributed by atoms with van der Waals surface area (Å²) >= 11 is 3.48. The van der Waals surface area contributed by atoms with Gasteiger partial charge in [-0.05, 0) is 19.1 Å². The van der Waals surface area contributed by atoms with Crippen LogP contribution in [-0.4, -0.2) is 29.1 Å². The zero-order valence-corrected chi connectivity index (χ0v) is 11.7. The minimum Gasteiger partial charge on any atom is -0.480 e. The fraction of sp³-hybridized carbons (Fsp3) is 0.231. The average Bonchev–Trinajstić information content (AvgIpc) is 2.37. The first-order valence-corrected chi connectivity index (χ1v) is 6.30. The lowest BCUT2D eigenvalue weighted by Crippen LogP contribution is -2.36. The summed E-state index contributed by atoms with van der Waals surface area (Å²) in [7, 11) is 1.74. The van der Waals surface area contributed by atoms with Crippen LogP contribution in [0, 0.1) is 0 Å². The predicted octanol–water partition coefficient (Wildman–Crippen LogP) is 2.91. The molecule has 0 aliphatic carbocycles. The molecule has 0 saturated heterocycles. The van der Waals surface area contributed by atoms with Crippen LogP contribution in [-0.2, 0) is 4.79 Å². The van der Waals surface area contributed by atoms with Gasteiger partial charge >= 0.3 is 5.97 Å². The number of pyridine rings is 1. The topological polar surface area (TPSA) is 53.4 Å². The summed E-state index contributed by atoms with van der Waals surface area (Å²) in [4.78, 5) is 17.0. The Hall–Kier alpha value is -1.62. The Morgan fingerprint density at radius 3 is 2.78 bits per heavy atom. The second-order valence-corrected chi connectivity index (χ2v) is 4.95. The van der Waals surface area contributed by atoms with E-state index in [2.05, 4.69) is 20.9 Å². The molecule has 0 spiro atoms. The van der Waals surface area contributed by atoms with Gasteiger partial charge in [0.1, 0.15) is 11.9 Å². The van der Waals surface area contributed by atoms with Crippen molar-refractivity contribution in [2.45, 2.75) is 13.0 Å². The largest absolute Gasteiger partial charge is 0.480 e. The van der Waals surface area contributed by atoms with Crippen molar-refractivity contribution in [3.05, 3.63) is 34.9 Å². The van der Waals surface area contributed by atoms with Gasteiger partial charge < -0.3 is 10.0 Å². The predicted molar refractivity (Wildman–Crippen MR) is 74.9 cm³/mol. The number of aliphatic carboxylic acids is 1. The number of benzene rings is 1. The molecule has 1 N–H and O–H groups in total. The van der Waals surface area contributed by atoms with Gasteiger partial charge in [-0.1, -0.05) is 28.1 Å². The zero-order valence-electron chi connectivity index (χ0n) is 10.1. The van der Waals surface area contributed by atoms with Crippen molar-refractivity contribution < 1.29 is 9.90 Å². The minimum atomic E-state index is -0.869. The van der Waals surface area contributed by atoms with Gasteiger partial charge in [0.2, 0.25) is 0 Å². The molecular weight excluding hydrogens is 296 g/mol. The van der Waals surface area contributed by atoms with Crippen LogP contribution in [0.1, 0.15) is 6.92 Å². The molecule has 0 aliphatic heterocycles. The molecule has 0 radical (unpaired) electrons. The number of nitrogens with zero attached hydrogens (tertiary/aromatic N) is 2. The smallest absolute Gasteiger partial charge is 0.326 e. The van der Waals surface area contributed by atoms with E-state index in [0.29, 0.717) is 5.82 Å². The summed E-state index contributed by atoms with van der Waals surface area (Å²) in [6, 6.07) is 7.08. The van der Waals surface area contributed by atoms with Gasteiger partial charge in [-0.2, -0.15) is 0 Å². The highest BCUT2D eigenvalue weighted by Gasteiger charge is 2.19. The first-order valence-electron chi connectivity index (χ1n) is 5.51. The highest BCUT2D eigenvalue weighted by molar-refractivity contribution is 9.10. The number of rotatable bonds is 3. The Kier molecular flexibility index (Phi) is 3.52. The third-order valence-corrected chi connectivity index (χ3v) is 3.70. The molecule has 0 saturated carbocycles. The Morgan fingerprint density at radius 2 is 2.11 bits per heavy atom. The third kappa shape index (κ3) is 2.18. The fourth-order valence-electron chi connectivity index (χ4n) is 1.78. The summed E-state index contributed by atoms with van der Waals surface area (Å²) in [6.07, 6.45) is 1.69. The molecule has 5 heteroatoms. The number of likely N-dealkylation sites (N-methyl/N-ethyl adjacent to an activating group) is 1. The van der Waals surface area contributed by atoms with E-state index in [9.17, 15) is 4.79 Å². The second-order valence-electron chi connectivity index (χ2n) is 4.09. The maximum Gasteiger partial charge on any atom is 0.326 e. The van der Waals surface area contributed by atoms with E-state index in [0.717, 1.165) is 15.2 Å². The molecule has 1 heterocycles. The van der Waals surface area contributed by atoms with Gasteiger partial charge in [0.15, 0.2) is 0 Å². The summed E-state index contributed by atoms with van der Waals surface area (Å²) in [6.45, 7) is 1.64. The Labute approximate surface area is 113 Å². The van der Waals surface area contributed by atoms with Gasteiger partial charge in [-0.15, -0.1) is 0 Å². The number of aromatic nitrogens is 1. The molecule has 1 atom stereocenters. The van der Waals surface area contributed by atoms with Crippen molar-refractivity contribution in [3.8, 4) is 0 Å². The summed E-state index contributed by atoms with van der Waals surface area (Å²) < 4.78 is 0.972. The standard InChI is InChI=1S/C13H13BrN2O2/c1-8(13(17)18)16(2)12-10-4-3-5-11(14)9(10)6-7-15-12/h3-8H,1-2H3,(H,17,18). The number of halogens is 1. The van der Waals surface area contributed by atoms with E-state index in [-0.39, 0.29) is 0 Å². The number of carboxylic acids is 1. The first kappa shape index (κ1) is 12.8. The van der Waals surface area contributed by atoms with Crippen LogP contribution in [0.2, 0.25) is 0 Å². The molecule has 1 aromatic carbocycles. The van der Waals surface area contributed by atoms with Crippen LogP contribution >= 0.6 is 15.9 Å². The molecule has 0 bridgehead atoms. The molecule has 1 unspecified atom stereocenters. The lowest BCUT2D eigenvalue weighted by Gasteiger charge is -2.23. The van der Waals surface area contributed by atoms with Crippen LogP contribution in [0.15, 0.2) is 34.9 Å². The molecular formula is C13H13BrN2O2. The minimum absolute atomic E-state index is 0.623. The number of carbonyl (C=O) groups is 1. The maximum absolute atomic E-state index is 11.0. The summed E-state index contributed by atoms with van der Waals surface area (Å²) in [5, 5.41) is 11.0. The van der Waals surface area contributed by atoms with E-state index in [1.807, 2.05) is 24.3 Å². The summed E-state index contributed by atoms with van der Waals surface area (Å²) in [5.74, 6) is -0.199. The number of carboxylic acid groups (broad SMARTS) is 1. The van der Waals surface area contributed by atoms with Gasteiger partial charge in [0, 0.05) is 28.5 Å². The van der Waals surface area contributed by atoms with E-state index >= 15 is 0 Å². The highest BCUT2D eigenvalue weighted by Crippen LogP contribution is 2.29. The van der Waals surface area contributed by atoms with Crippen LogP contribution in [0.3, 0.4) is 0 Å². The number of hydrogen-bond donors (Lipinski definition) is 1. The molecule has 2 rings (SSSR count). The third-order valence-electron chi connectivity index (χ3n) is 3.00. The maximum atomic E-state index is 11.0. The monoisotopic (exact) mass is 308 g/mol. The van der Waals surface area contributed by atoms with E-state index in [1.165, 1.54) is 0 Å². The molecule has 0 fully saturated rings. The second kappa shape index (κ2) is 4.94. The number of fused-ring (bicyclic) bond motifs is 1. The molecule has 94 valence electrons. The van der Waals surface area contributed by atoms with E-state index < -0.39 is 12.0 Å². The molecule has 18 heavy (non-hydrogen) atoms. The van der Waals surface area contributed by atoms with Crippen molar-refractivity contribution in [2.75, 3.05) is 11.9 Å². The number of hydrogen-bond acceptors (Lipinski definition) is 3. The van der Waals surface area contributed by atoms with Crippen molar-refractivity contribution in [3.63, 3.8) is 0 Å². The van der Waals surface area contributed by atoms with Crippen molar-refractivity contribution in [1.82, 2.24) is 4.98 Å². The SMILES string of the molecule is CC(C(=O)O)N(C)c1nccc2c(Br)cccc12.